The molecule has 0 aromatic carbocycles. The molecular weight excluding hydrogens is 344 g/mol. The second-order valence-electron chi connectivity index (χ2n) is 6.03. The van der Waals surface area contributed by atoms with E-state index in [2.05, 4.69) is 27.8 Å². The lowest BCUT2D eigenvalue weighted by atomic mass is 9.86. The molecule has 6 nitrogen and oxygen atoms in total. The first-order valence-corrected chi connectivity index (χ1v) is 10.0. The van der Waals surface area contributed by atoms with Crippen LogP contribution in [0.15, 0.2) is 27.2 Å². The second-order valence-corrected chi connectivity index (χ2v) is 8.23. The van der Waals surface area contributed by atoms with E-state index in [-0.39, 0.29) is 5.91 Å². The molecule has 0 aliphatic heterocycles. The predicted molar refractivity (Wildman–Crippen MR) is 96.2 cm³/mol. The first-order valence-electron chi connectivity index (χ1n) is 8.22. The predicted octanol–water partition coefficient (Wildman–Crippen LogP) is 3.53. The Morgan fingerprint density at radius 2 is 2.29 bits per heavy atom. The van der Waals surface area contributed by atoms with E-state index in [1.54, 1.807) is 6.26 Å². The molecule has 0 bridgehead atoms. The van der Waals surface area contributed by atoms with E-state index in [1.807, 2.05) is 12.1 Å². The molecule has 2 atom stereocenters. The number of thioether (sulfide) groups is 1. The van der Waals surface area contributed by atoms with Crippen molar-refractivity contribution in [3.8, 4) is 0 Å². The lowest BCUT2D eigenvalue weighted by Gasteiger charge is -2.29. The molecule has 1 amide bonds. The van der Waals surface area contributed by atoms with E-state index in [0.717, 1.165) is 21.7 Å². The summed E-state index contributed by atoms with van der Waals surface area (Å²) in [6.45, 7) is 2.80. The lowest BCUT2D eigenvalue weighted by Crippen LogP contribution is -2.41. The Bertz CT molecular complexity index is 644. The number of amides is 1. The van der Waals surface area contributed by atoms with Crippen molar-refractivity contribution >= 4 is 34.1 Å². The molecule has 0 radical (unpaired) electrons. The van der Waals surface area contributed by atoms with Gasteiger partial charge in [-0.1, -0.05) is 42.9 Å². The molecule has 2 N–H and O–H groups in total. The number of nitrogens with one attached hydrogen (secondary N) is 2. The van der Waals surface area contributed by atoms with Crippen molar-refractivity contribution in [2.24, 2.45) is 5.92 Å². The van der Waals surface area contributed by atoms with Crippen molar-refractivity contribution in [1.82, 2.24) is 15.5 Å². The van der Waals surface area contributed by atoms with Crippen molar-refractivity contribution < 1.29 is 9.21 Å². The molecule has 1 saturated carbocycles. The second kappa shape index (κ2) is 8.53. The standard InChI is InChI=1S/C16H22N4O2S2/c1-11-5-2-3-7-13(11)18-14(21)10-23-16-20-19-15(24-16)17-9-12-6-4-8-22-12/h4,6,8,11,13H,2-3,5,7,9-10H2,1H3,(H,17,19)(H,18,21)/t11-,13-/m0/s1. The fraction of sp³-hybridized carbons (Fsp3) is 0.562. The third-order valence-electron chi connectivity index (χ3n) is 4.19. The molecule has 2 aromatic heterocycles. The van der Waals surface area contributed by atoms with Crippen LogP contribution < -0.4 is 10.6 Å². The molecule has 0 unspecified atom stereocenters. The van der Waals surface area contributed by atoms with Crippen molar-refractivity contribution in [3.05, 3.63) is 24.2 Å². The lowest BCUT2D eigenvalue weighted by molar-refractivity contribution is -0.119. The summed E-state index contributed by atoms with van der Waals surface area (Å²) in [4.78, 5) is 12.1. The molecule has 24 heavy (non-hydrogen) atoms. The molecule has 0 spiro atoms. The molecular formula is C16H22N4O2S2. The number of aromatic nitrogens is 2. The van der Waals surface area contributed by atoms with Gasteiger partial charge < -0.3 is 15.1 Å². The number of anilines is 1. The number of hydrogen-bond donors (Lipinski definition) is 2. The van der Waals surface area contributed by atoms with Gasteiger partial charge in [-0.3, -0.25) is 4.79 Å². The average Bonchev–Trinajstić information content (AvgIpc) is 3.25. The van der Waals surface area contributed by atoms with Crippen molar-refractivity contribution in [1.29, 1.82) is 0 Å². The molecule has 0 saturated heterocycles. The molecule has 1 aliphatic rings. The van der Waals surface area contributed by atoms with Crippen LogP contribution in [-0.4, -0.2) is 27.9 Å². The van der Waals surface area contributed by atoms with Crippen LogP contribution in [-0.2, 0) is 11.3 Å². The highest BCUT2D eigenvalue weighted by Gasteiger charge is 2.22. The monoisotopic (exact) mass is 366 g/mol. The summed E-state index contributed by atoms with van der Waals surface area (Å²) in [6.07, 6.45) is 6.44. The molecule has 1 fully saturated rings. The van der Waals surface area contributed by atoms with Crippen LogP contribution >= 0.6 is 23.1 Å². The number of carbonyl (C=O) groups is 1. The Morgan fingerprint density at radius 3 is 3.08 bits per heavy atom. The van der Waals surface area contributed by atoms with E-state index in [4.69, 9.17) is 4.42 Å². The minimum absolute atomic E-state index is 0.0824. The van der Waals surface area contributed by atoms with Crippen LogP contribution in [0.2, 0.25) is 0 Å². The zero-order chi connectivity index (χ0) is 16.8. The Labute approximate surface area is 149 Å². The first-order chi connectivity index (χ1) is 11.7. The molecule has 1 aliphatic carbocycles. The first kappa shape index (κ1) is 17.3. The normalized spacial score (nSPS) is 20.7. The van der Waals surface area contributed by atoms with Gasteiger partial charge >= 0.3 is 0 Å². The molecule has 3 rings (SSSR count). The Kier molecular flexibility index (Phi) is 6.14. The van der Waals surface area contributed by atoms with Gasteiger partial charge in [0.2, 0.25) is 11.0 Å². The van der Waals surface area contributed by atoms with Crippen LogP contribution in [0.25, 0.3) is 0 Å². The summed E-state index contributed by atoms with van der Waals surface area (Å²) >= 11 is 2.88. The van der Waals surface area contributed by atoms with Crippen LogP contribution in [0.4, 0.5) is 5.13 Å². The third-order valence-corrected chi connectivity index (χ3v) is 6.20. The maximum absolute atomic E-state index is 12.1. The van der Waals surface area contributed by atoms with E-state index in [1.165, 1.54) is 42.4 Å². The Hall–Kier alpha value is -1.54. The van der Waals surface area contributed by atoms with E-state index >= 15 is 0 Å². The van der Waals surface area contributed by atoms with E-state index in [0.29, 0.717) is 24.3 Å². The summed E-state index contributed by atoms with van der Waals surface area (Å²) in [7, 11) is 0. The summed E-state index contributed by atoms with van der Waals surface area (Å²) < 4.78 is 6.05. The minimum Gasteiger partial charge on any atom is -0.467 e. The Balaban J connectivity index is 1.40. The van der Waals surface area contributed by atoms with Crippen LogP contribution in [0.5, 0.6) is 0 Å². The Morgan fingerprint density at radius 1 is 1.42 bits per heavy atom. The minimum atomic E-state index is 0.0824. The molecule has 2 aromatic rings. The largest absolute Gasteiger partial charge is 0.467 e. The maximum atomic E-state index is 12.1. The van der Waals surface area contributed by atoms with Gasteiger partial charge in [-0.2, -0.15) is 0 Å². The number of rotatable bonds is 7. The summed E-state index contributed by atoms with van der Waals surface area (Å²) in [6, 6.07) is 4.08. The number of nitrogens with zero attached hydrogens (tertiary/aromatic N) is 2. The molecule has 8 heteroatoms. The van der Waals surface area contributed by atoms with Crippen molar-refractivity contribution in [2.45, 2.75) is 49.5 Å². The fourth-order valence-electron chi connectivity index (χ4n) is 2.82. The van der Waals surface area contributed by atoms with Gasteiger partial charge in [-0.25, -0.2) is 0 Å². The summed E-state index contributed by atoms with van der Waals surface area (Å²) in [5.41, 5.74) is 0. The third kappa shape index (κ3) is 4.98. The van der Waals surface area contributed by atoms with Crippen molar-refractivity contribution in [3.63, 3.8) is 0 Å². The number of hydrogen-bond acceptors (Lipinski definition) is 7. The SMILES string of the molecule is C[C@H]1CCCC[C@@H]1NC(=O)CSc1nnc(NCc2ccco2)s1. The zero-order valence-electron chi connectivity index (χ0n) is 13.7. The van der Waals surface area contributed by atoms with Gasteiger partial charge in [0.25, 0.3) is 0 Å². The quantitative estimate of drug-likeness (QED) is 0.730. The van der Waals surface area contributed by atoms with Gasteiger partial charge in [-0.05, 0) is 30.9 Å². The number of furan rings is 1. The van der Waals surface area contributed by atoms with Crippen LogP contribution in [0.3, 0.4) is 0 Å². The number of carbonyl (C=O) groups excluding carboxylic acids is 1. The van der Waals surface area contributed by atoms with Gasteiger partial charge in [0, 0.05) is 6.04 Å². The van der Waals surface area contributed by atoms with Crippen molar-refractivity contribution in [2.75, 3.05) is 11.1 Å². The zero-order valence-corrected chi connectivity index (χ0v) is 15.3. The van der Waals surface area contributed by atoms with Gasteiger partial charge in [-0.15, -0.1) is 10.2 Å². The van der Waals surface area contributed by atoms with Crippen LogP contribution in [0, 0.1) is 5.92 Å². The molecule has 130 valence electrons. The highest BCUT2D eigenvalue weighted by Crippen LogP contribution is 2.27. The van der Waals surface area contributed by atoms with Gasteiger partial charge in [0.15, 0.2) is 4.34 Å². The highest BCUT2D eigenvalue weighted by molar-refractivity contribution is 8.01. The van der Waals surface area contributed by atoms with Gasteiger partial charge in [0.1, 0.15) is 5.76 Å². The van der Waals surface area contributed by atoms with E-state index in [9.17, 15) is 4.79 Å². The summed E-state index contributed by atoms with van der Waals surface area (Å²) in [5.74, 6) is 1.89. The fourth-order valence-corrected chi connectivity index (χ4v) is 4.38. The smallest absolute Gasteiger partial charge is 0.230 e. The summed E-state index contributed by atoms with van der Waals surface area (Å²) in [5, 5.41) is 15.2. The molecule has 2 heterocycles. The maximum Gasteiger partial charge on any atom is 0.230 e. The van der Waals surface area contributed by atoms with Gasteiger partial charge in [0.05, 0.1) is 18.6 Å². The highest BCUT2D eigenvalue weighted by atomic mass is 32.2. The average molecular weight is 367 g/mol. The topological polar surface area (TPSA) is 80.0 Å². The van der Waals surface area contributed by atoms with Crippen LogP contribution in [0.1, 0.15) is 38.4 Å². The van der Waals surface area contributed by atoms with E-state index < -0.39 is 0 Å².